The number of β-amino-alcohol motifs (C(OH)–C–C–N with tert-alkyl or cyclic N) is 1. The Kier molecular flexibility index (Phi) is 3.96. The Morgan fingerprint density at radius 1 is 1.45 bits per heavy atom. The molecule has 1 heterocycles. The normalized spacial score (nSPS) is 22.6. The van der Waals surface area contributed by atoms with E-state index in [-0.39, 0.29) is 23.6 Å². The number of piperidine rings is 1. The summed E-state index contributed by atoms with van der Waals surface area (Å²) in [5.74, 6) is -1.87. The summed E-state index contributed by atoms with van der Waals surface area (Å²) in [5, 5.41) is 10.1. The molecule has 2 rings (SSSR count). The third kappa shape index (κ3) is 2.76. The average Bonchev–Trinajstić information content (AvgIpc) is 2.38. The van der Waals surface area contributed by atoms with Gasteiger partial charge in [0.25, 0.3) is 11.8 Å². The molecule has 5 nitrogen and oxygen atoms in total. The molecule has 0 aromatic heterocycles. The Balaban J connectivity index is 2.23. The number of nitrogens with two attached hydrogens (primary N) is 1. The van der Waals surface area contributed by atoms with E-state index in [0.717, 1.165) is 12.1 Å². The van der Waals surface area contributed by atoms with Crippen LogP contribution >= 0.6 is 11.6 Å². The third-order valence-corrected chi connectivity index (χ3v) is 3.69. The fourth-order valence-electron chi connectivity index (χ4n) is 2.24. The van der Waals surface area contributed by atoms with Gasteiger partial charge in [-0.1, -0.05) is 11.6 Å². The van der Waals surface area contributed by atoms with Gasteiger partial charge in [-0.15, -0.1) is 0 Å². The van der Waals surface area contributed by atoms with Crippen molar-refractivity contribution >= 4 is 23.4 Å². The minimum atomic E-state index is -1.72. The largest absolute Gasteiger partial charge is 0.378 e. The number of carbonyl (C=O) groups is 2. The monoisotopic (exact) mass is 300 g/mol. The Bertz CT molecular complexity index is 567. The Morgan fingerprint density at radius 2 is 2.15 bits per heavy atom. The first-order valence-corrected chi connectivity index (χ1v) is 6.48. The van der Waals surface area contributed by atoms with Crippen LogP contribution in [0.5, 0.6) is 0 Å². The van der Waals surface area contributed by atoms with Crippen LogP contribution in [-0.2, 0) is 4.79 Å². The van der Waals surface area contributed by atoms with Crippen LogP contribution in [0.1, 0.15) is 23.2 Å². The Hall–Kier alpha value is -1.66. The first kappa shape index (κ1) is 14.7. The van der Waals surface area contributed by atoms with Crippen LogP contribution in [0.3, 0.4) is 0 Å². The number of amides is 2. The number of halogens is 2. The van der Waals surface area contributed by atoms with Gasteiger partial charge in [0.15, 0.2) is 5.60 Å². The van der Waals surface area contributed by atoms with Gasteiger partial charge in [0.1, 0.15) is 5.82 Å². The minimum Gasteiger partial charge on any atom is -0.378 e. The predicted molar refractivity (Wildman–Crippen MR) is 70.7 cm³/mol. The molecule has 2 amide bonds. The van der Waals surface area contributed by atoms with Gasteiger partial charge in [-0.2, -0.15) is 0 Å². The Morgan fingerprint density at radius 3 is 2.75 bits per heavy atom. The van der Waals surface area contributed by atoms with Crippen molar-refractivity contribution in [3.05, 3.63) is 34.6 Å². The van der Waals surface area contributed by atoms with Crippen LogP contribution in [0.15, 0.2) is 18.2 Å². The molecule has 0 aliphatic carbocycles. The van der Waals surface area contributed by atoms with Crippen LogP contribution in [-0.4, -0.2) is 40.5 Å². The van der Waals surface area contributed by atoms with Gasteiger partial charge in [-0.3, -0.25) is 9.59 Å². The molecule has 1 aromatic rings. The number of primary amides is 1. The summed E-state index contributed by atoms with van der Waals surface area (Å²) >= 11 is 5.84. The van der Waals surface area contributed by atoms with Crippen molar-refractivity contribution in [1.29, 1.82) is 0 Å². The highest BCUT2D eigenvalue weighted by Crippen LogP contribution is 2.25. The van der Waals surface area contributed by atoms with Gasteiger partial charge in [-0.05, 0) is 31.0 Å². The summed E-state index contributed by atoms with van der Waals surface area (Å²) in [6.07, 6.45) is 0.660. The van der Waals surface area contributed by atoms with Gasteiger partial charge in [0, 0.05) is 6.54 Å². The topological polar surface area (TPSA) is 83.6 Å². The molecular weight excluding hydrogens is 287 g/mol. The first-order chi connectivity index (χ1) is 9.33. The van der Waals surface area contributed by atoms with E-state index in [2.05, 4.69) is 0 Å². The van der Waals surface area contributed by atoms with Crippen molar-refractivity contribution in [2.45, 2.75) is 18.4 Å². The molecule has 0 radical (unpaired) electrons. The number of likely N-dealkylation sites (tertiary alicyclic amines) is 1. The average molecular weight is 301 g/mol. The quantitative estimate of drug-likeness (QED) is 0.852. The lowest BCUT2D eigenvalue weighted by molar-refractivity contribution is -0.140. The minimum absolute atomic E-state index is 0.0109. The van der Waals surface area contributed by atoms with E-state index in [1.807, 2.05) is 0 Å². The summed E-state index contributed by atoms with van der Waals surface area (Å²) in [7, 11) is 0. The maximum atomic E-state index is 13.0. The first-order valence-electron chi connectivity index (χ1n) is 6.10. The Labute approximate surface area is 120 Å². The molecule has 3 N–H and O–H groups in total. The second-order valence-electron chi connectivity index (χ2n) is 4.85. The zero-order chi connectivity index (χ0) is 14.9. The molecule has 0 bridgehead atoms. The molecule has 1 atom stereocenters. The molecule has 1 aliphatic rings. The van der Waals surface area contributed by atoms with Crippen molar-refractivity contribution in [2.75, 3.05) is 13.1 Å². The molecule has 0 saturated carbocycles. The summed E-state index contributed by atoms with van der Waals surface area (Å²) in [4.78, 5) is 24.8. The number of hydrogen-bond donors (Lipinski definition) is 2. The number of hydrogen-bond acceptors (Lipinski definition) is 3. The van der Waals surface area contributed by atoms with Crippen LogP contribution in [0.2, 0.25) is 5.02 Å². The molecule has 0 unspecified atom stereocenters. The summed E-state index contributed by atoms with van der Waals surface area (Å²) in [6, 6.07) is 3.44. The lowest BCUT2D eigenvalue weighted by Crippen LogP contribution is -2.57. The highest BCUT2D eigenvalue weighted by atomic mass is 35.5. The fourth-order valence-corrected chi connectivity index (χ4v) is 2.49. The second kappa shape index (κ2) is 5.38. The molecule has 7 heteroatoms. The van der Waals surface area contributed by atoms with Gasteiger partial charge in [-0.25, -0.2) is 4.39 Å². The number of carbonyl (C=O) groups excluding carboxylic acids is 2. The smallest absolute Gasteiger partial charge is 0.255 e. The molecule has 1 aliphatic heterocycles. The standard InChI is InChI=1S/C13H14ClFN2O3/c14-10-6-8(15)2-3-9(10)11(18)17-5-1-4-13(20,7-17)12(16)19/h2-3,6,20H,1,4-5,7H2,(H2,16,19)/t13-/m0/s1. The number of aliphatic hydroxyl groups is 1. The second-order valence-corrected chi connectivity index (χ2v) is 5.26. The van der Waals surface area contributed by atoms with Gasteiger partial charge < -0.3 is 15.7 Å². The van der Waals surface area contributed by atoms with Crippen molar-refractivity contribution < 1.29 is 19.1 Å². The molecule has 1 saturated heterocycles. The lowest BCUT2D eigenvalue weighted by Gasteiger charge is -2.37. The van der Waals surface area contributed by atoms with Gasteiger partial charge >= 0.3 is 0 Å². The lowest BCUT2D eigenvalue weighted by atomic mass is 9.92. The maximum Gasteiger partial charge on any atom is 0.255 e. The number of rotatable bonds is 2. The van der Waals surface area contributed by atoms with Crippen LogP contribution in [0.4, 0.5) is 4.39 Å². The van der Waals surface area contributed by atoms with E-state index in [4.69, 9.17) is 17.3 Å². The SMILES string of the molecule is NC(=O)[C@]1(O)CCCN(C(=O)c2ccc(F)cc2Cl)C1. The number of nitrogens with zero attached hydrogens (tertiary/aromatic N) is 1. The van der Waals surface area contributed by atoms with E-state index < -0.39 is 23.2 Å². The van der Waals surface area contributed by atoms with E-state index in [0.29, 0.717) is 13.0 Å². The predicted octanol–water partition coefficient (Wildman–Crippen LogP) is 0.931. The van der Waals surface area contributed by atoms with E-state index in [1.54, 1.807) is 0 Å². The number of benzene rings is 1. The fraction of sp³-hybridized carbons (Fsp3) is 0.385. The van der Waals surface area contributed by atoms with Crippen molar-refractivity contribution in [3.8, 4) is 0 Å². The summed E-state index contributed by atoms with van der Waals surface area (Å²) in [5.41, 5.74) is 3.55. The van der Waals surface area contributed by atoms with Gasteiger partial charge in [0.05, 0.1) is 17.1 Å². The van der Waals surface area contributed by atoms with Crippen molar-refractivity contribution in [1.82, 2.24) is 4.90 Å². The van der Waals surface area contributed by atoms with Crippen LogP contribution in [0, 0.1) is 5.82 Å². The summed E-state index contributed by atoms with van der Waals surface area (Å²) < 4.78 is 13.0. The molecular formula is C13H14ClFN2O3. The molecule has 0 spiro atoms. The molecule has 20 heavy (non-hydrogen) atoms. The molecule has 108 valence electrons. The van der Waals surface area contributed by atoms with E-state index in [9.17, 15) is 19.1 Å². The molecule has 1 aromatic carbocycles. The highest BCUT2D eigenvalue weighted by molar-refractivity contribution is 6.33. The summed E-state index contributed by atoms with van der Waals surface area (Å²) in [6.45, 7) is 0.191. The van der Waals surface area contributed by atoms with E-state index >= 15 is 0 Å². The van der Waals surface area contributed by atoms with Crippen molar-refractivity contribution in [2.24, 2.45) is 5.73 Å². The third-order valence-electron chi connectivity index (χ3n) is 3.38. The van der Waals surface area contributed by atoms with Crippen LogP contribution < -0.4 is 5.73 Å². The van der Waals surface area contributed by atoms with Gasteiger partial charge in [0.2, 0.25) is 0 Å². The highest BCUT2D eigenvalue weighted by Gasteiger charge is 2.40. The van der Waals surface area contributed by atoms with Crippen molar-refractivity contribution in [3.63, 3.8) is 0 Å². The zero-order valence-electron chi connectivity index (χ0n) is 10.6. The molecule has 1 fully saturated rings. The van der Waals surface area contributed by atoms with Crippen LogP contribution in [0.25, 0.3) is 0 Å². The maximum absolute atomic E-state index is 13.0. The zero-order valence-corrected chi connectivity index (χ0v) is 11.4. The van der Waals surface area contributed by atoms with E-state index in [1.165, 1.54) is 11.0 Å².